The van der Waals surface area contributed by atoms with Gasteiger partial charge in [-0.15, -0.1) is 0 Å². The van der Waals surface area contributed by atoms with E-state index in [9.17, 15) is 18.0 Å². The van der Waals surface area contributed by atoms with Crippen molar-refractivity contribution in [3.8, 4) is 0 Å². The molecule has 1 aromatic rings. The molecule has 114 valence electrons. The highest BCUT2D eigenvalue weighted by molar-refractivity contribution is 7.80. The van der Waals surface area contributed by atoms with Crippen molar-refractivity contribution in [3.63, 3.8) is 0 Å². The number of carbonyl (C=O) groups is 1. The summed E-state index contributed by atoms with van der Waals surface area (Å²) in [5.41, 5.74) is 6.77. The number of thiocarbonyl (C=S) groups is 1. The van der Waals surface area contributed by atoms with E-state index in [0.29, 0.717) is 24.0 Å². The molecule has 0 radical (unpaired) electrons. The molecule has 0 aliphatic heterocycles. The average molecular weight is 316 g/mol. The SMILES string of the molecule is NC(=S)c1ccc(CC(=O)N(CC(F)(F)F)C2CC2)cc1. The summed E-state index contributed by atoms with van der Waals surface area (Å²) < 4.78 is 37.5. The van der Waals surface area contributed by atoms with Crippen LogP contribution >= 0.6 is 12.2 Å². The number of rotatable bonds is 5. The summed E-state index contributed by atoms with van der Waals surface area (Å²) in [5.74, 6) is -0.502. The molecule has 2 N–H and O–H groups in total. The number of halogens is 3. The Hall–Kier alpha value is -1.63. The van der Waals surface area contributed by atoms with Crippen LogP contribution in [0.1, 0.15) is 24.0 Å². The molecular weight excluding hydrogens is 301 g/mol. The molecule has 0 saturated heterocycles. The van der Waals surface area contributed by atoms with E-state index in [1.807, 2.05) is 0 Å². The van der Waals surface area contributed by atoms with Crippen LogP contribution < -0.4 is 5.73 Å². The summed E-state index contributed by atoms with van der Waals surface area (Å²) in [4.78, 5) is 13.2. The molecule has 0 heterocycles. The van der Waals surface area contributed by atoms with Crippen LogP contribution in [0.2, 0.25) is 0 Å². The van der Waals surface area contributed by atoms with Gasteiger partial charge in [-0.2, -0.15) is 13.2 Å². The van der Waals surface area contributed by atoms with Gasteiger partial charge in [0, 0.05) is 11.6 Å². The van der Waals surface area contributed by atoms with Crippen LogP contribution in [-0.2, 0) is 11.2 Å². The number of benzene rings is 1. The van der Waals surface area contributed by atoms with Crippen molar-refractivity contribution in [2.75, 3.05) is 6.54 Å². The Morgan fingerprint density at radius 2 is 1.86 bits per heavy atom. The Balaban J connectivity index is 2.03. The molecule has 0 spiro atoms. The molecule has 21 heavy (non-hydrogen) atoms. The Morgan fingerprint density at radius 3 is 2.29 bits per heavy atom. The van der Waals surface area contributed by atoms with Gasteiger partial charge in [-0.1, -0.05) is 36.5 Å². The van der Waals surface area contributed by atoms with E-state index in [4.69, 9.17) is 18.0 Å². The number of hydrogen-bond donors (Lipinski definition) is 1. The van der Waals surface area contributed by atoms with Crippen LogP contribution in [0.5, 0.6) is 0 Å². The maximum atomic E-state index is 12.5. The fourth-order valence-corrected chi connectivity index (χ4v) is 2.20. The number of nitrogens with two attached hydrogens (primary N) is 1. The lowest BCUT2D eigenvalue weighted by Gasteiger charge is -2.23. The Kier molecular flexibility index (Phi) is 4.51. The van der Waals surface area contributed by atoms with Crippen molar-refractivity contribution >= 4 is 23.1 Å². The first-order valence-electron chi connectivity index (χ1n) is 6.51. The van der Waals surface area contributed by atoms with Gasteiger partial charge in [-0.25, -0.2) is 0 Å². The lowest BCUT2D eigenvalue weighted by atomic mass is 10.1. The highest BCUT2D eigenvalue weighted by atomic mass is 32.1. The van der Waals surface area contributed by atoms with Gasteiger partial charge >= 0.3 is 6.18 Å². The van der Waals surface area contributed by atoms with Crippen LogP contribution in [0.3, 0.4) is 0 Å². The largest absolute Gasteiger partial charge is 0.406 e. The Bertz CT molecular complexity index is 538. The number of alkyl halides is 3. The van der Waals surface area contributed by atoms with Crippen LogP contribution in [0.4, 0.5) is 13.2 Å². The minimum Gasteiger partial charge on any atom is -0.389 e. The maximum absolute atomic E-state index is 12.5. The summed E-state index contributed by atoms with van der Waals surface area (Å²) >= 11 is 4.81. The van der Waals surface area contributed by atoms with Gasteiger partial charge in [-0.3, -0.25) is 4.79 Å². The summed E-state index contributed by atoms with van der Waals surface area (Å²) in [6, 6.07) is 6.37. The smallest absolute Gasteiger partial charge is 0.389 e. The molecule has 1 aliphatic carbocycles. The van der Waals surface area contributed by atoms with Crippen molar-refractivity contribution in [2.45, 2.75) is 31.5 Å². The molecule has 3 nitrogen and oxygen atoms in total. The highest BCUT2D eigenvalue weighted by Gasteiger charge is 2.40. The average Bonchev–Trinajstić information content (AvgIpc) is 3.19. The van der Waals surface area contributed by atoms with Gasteiger partial charge in [0.05, 0.1) is 6.42 Å². The predicted molar refractivity (Wildman–Crippen MR) is 76.8 cm³/mol. The van der Waals surface area contributed by atoms with Gasteiger partial charge in [-0.05, 0) is 18.4 Å². The molecule has 1 fully saturated rings. The van der Waals surface area contributed by atoms with Crippen LogP contribution in [0, 0.1) is 0 Å². The van der Waals surface area contributed by atoms with Gasteiger partial charge in [0.25, 0.3) is 0 Å². The normalized spacial score (nSPS) is 14.8. The quantitative estimate of drug-likeness (QED) is 0.849. The molecule has 1 saturated carbocycles. The highest BCUT2D eigenvalue weighted by Crippen LogP contribution is 2.30. The first-order valence-corrected chi connectivity index (χ1v) is 6.92. The first-order chi connectivity index (χ1) is 9.76. The van der Waals surface area contributed by atoms with E-state index in [1.165, 1.54) is 0 Å². The lowest BCUT2D eigenvalue weighted by Crippen LogP contribution is -2.41. The van der Waals surface area contributed by atoms with Gasteiger partial charge in [0.2, 0.25) is 5.91 Å². The van der Waals surface area contributed by atoms with E-state index in [0.717, 1.165) is 4.90 Å². The third-order valence-corrected chi connectivity index (χ3v) is 3.49. The molecule has 1 aliphatic rings. The van der Waals surface area contributed by atoms with E-state index in [-0.39, 0.29) is 17.5 Å². The molecule has 1 aromatic carbocycles. The lowest BCUT2D eigenvalue weighted by molar-refractivity contribution is -0.162. The molecule has 0 atom stereocenters. The zero-order valence-electron chi connectivity index (χ0n) is 11.2. The van der Waals surface area contributed by atoms with Gasteiger partial charge < -0.3 is 10.6 Å². The van der Waals surface area contributed by atoms with Crippen molar-refractivity contribution in [1.29, 1.82) is 0 Å². The Morgan fingerprint density at radius 1 is 1.29 bits per heavy atom. The summed E-state index contributed by atoms with van der Waals surface area (Å²) in [6.45, 7) is -1.18. The minimum atomic E-state index is -4.37. The molecule has 2 rings (SSSR count). The van der Waals surface area contributed by atoms with Crippen LogP contribution in [0.25, 0.3) is 0 Å². The maximum Gasteiger partial charge on any atom is 0.406 e. The number of hydrogen-bond acceptors (Lipinski definition) is 2. The third-order valence-electron chi connectivity index (χ3n) is 3.25. The second kappa shape index (κ2) is 6.01. The van der Waals surface area contributed by atoms with E-state index in [1.54, 1.807) is 24.3 Å². The second-order valence-electron chi connectivity index (χ2n) is 5.11. The Labute approximate surface area is 125 Å². The molecule has 7 heteroatoms. The van der Waals surface area contributed by atoms with Crippen molar-refractivity contribution in [2.24, 2.45) is 5.73 Å². The zero-order chi connectivity index (χ0) is 15.6. The minimum absolute atomic E-state index is 0.0514. The van der Waals surface area contributed by atoms with Crippen molar-refractivity contribution in [1.82, 2.24) is 4.90 Å². The fourth-order valence-electron chi connectivity index (χ4n) is 2.06. The standard InChI is InChI=1S/C14H15F3N2OS/c15-14(16,17)8-19(11-5-6-11)12(20)7-9-1-3-10(4-2-9)13(18)21/h1-4,11H,5-8H2,(H2,18,21). The first kappa shape index (κ1) is 15.8. The molecule has 0 bridgehead atoms. The predicted octanol–water partition coefficient (Wildman–Crippen LogP) is 2.42. The van der Waals surface area contributed by atoms with Crippen molar-refractivity contribution < 1.29 is 18.0 Å². The number of carbonyl (C=O) groups excluding carboxylic acids is 1. The molecular formula is C14H15F3N2OS. The van der Waals surface area contributed by atoms with Crippen LogP contribution in [-0.4, -0.2) is 34.6 Å². The fraction of sp³-hybridized carbons (Fsp3) is 0.429. The monoisotopic (exact) mass is 316 g/mol. The summed E-state index contributed by atoms with van der Waals surface area (Å²) in [6.07, 6.45) is -3.14. The topological polar surface area (TPSA) is 46.3 Å². The van der Waals surface area contributed by atoms with E-state index < -0.39 is 18.6 Å². The molecule has 1 amide bonds. The second-order valence-corrected chi connectivity index (χ2v) is 5.55. The third kappa shape index (κ3) is 4.70. The number of amides is 1. The van der Waals surface area contributed by atoms with Crippen molar-refractivity contribution in [3.05, 3.63) is 35.4 Å². The van der Waals surface area contributed by atoms with Gasteiger partial charge in [0.1, 0.15) is 11.5 Å². The number of nitrogens with zero attached hydrogens (tertiary/aromatic N) is 1. The molecule has 0 aromatic heterocycles. The van der Waals surface area contributed by atoms with Gasteiger partial charge in [0.15, 0.2) is 0 Å². The van der Waals surface area contributed by atoms with E-state index >= 15 is 0 Å². The van der Waals surface area contributed by atoms with Crippen LogP contribution in [0.15, 0.2) is 24.3 Å². The zero-order valence-corrected chi connectivity index (χ0v) is 12.0. The molecule has 0 unspecified atom stereocenters. The summed E-state index contributed by atoms with van der Waals surface area (Å²) in [7, 11) is 0. The van der Waals surface area contributed by atoms with E-state index in [2.05, 4.69) is 0 Å². The summed E-state index contributed by atoms with van der Waals surface area (Å²) in [5, 5.41) is 0.